The molecule has 0 fully saturated rings. The molecule has 2 aromatic heterocycles. The second-order valence-electron chi connectivity index (χ2n) is 8.00. The summed E-state index contributed by atoms with van der Waals surface area (Å²) < 4.78 is 64.5. The average molecular weight is 545 g/mol. The second-order valence-corrected chi connectivity index (χ2v) is 10.1. The highest BCUT2D eigenvalue weighted by Crippen LogP contribution is 2.38. The molecule has 0 bridgehead atoms. The van der Waals surface area contributed by atoms with E-state index in [0.717, 1.165) is 41.8 Å². The van der Waals surface area contributed by atoms with E-state index in [2.05, 4.69) is 35.9 Å². The molecule has 1 aliphatic heterocycles. The summed E-state index contributed by atoms with van der Waals surface area (Å²) in [5.41, 5.74) is 1.86. The molecular weight excluding hydrogens is 521 g/mol. The van der Waals surface area contributed by atoms with Gasteiger partial charge in [-0.3, -0.25) is 0 Å². The van der Waals surface area contributed by atoms with Crippen molar-refractivity contribution in [2.24, 2.45) is 0 Å². The van der Waals surface area contributed by atoms with Crippen molar-refractivity contribution >= 4 is 51.3 Å². The van der Waals surface area contributed by atoms with Gasteiger partial charge in [0.2, 0.25) is 5.95 Å². The predicted molar refractivity (Wildman–Crippen MR) is 133 cm³/mol. The lowest BCUT2D eigenvalue weighted by atomic mass is 10.0. The summed E-state index contributed by atoms with van der Waals surface area (Å²) in [6.45, 7) is 1.60. The molecule has 0 saturated heterocycles. The van der Waals surface area contributed by atoms with E-state index in [1.165, 1.54) is 19.4 Å². The first-order chi connectivity index (χ1) is 16.5. The minimum Gasteiger partial charge on any atom is -0.353 e. The molecule has 4 rings (SSSR count). The van der Waals surface area contributed by atoms with Gasteiger partial charge in [0.25, 0.3) is 0 Å². The topological polar surface area (TPSA) is 125 Å². The lowest BCUT2D eigenvalue weighted by Crippen LogP contribution is -2.23. The van der Waals surface area contributed by atoms with Crippen LogP contribution in [0.25, 0.3) is 0 Å². The number of hydrogen-bond donors (Lipinski definition) is 3. The summed E-state index contributed by atoms with van der Waals surface area (Å²) in [5.74, 6) is -1.02. The molecule has 0 radical (unpaired) electrons. The van der Waals surface area contributed by atoms with Crippen LogP contribution in [0.4, 0.5) is 42.3 Å². The molecule has 3 N–H and O–H groups in total. The van der Waals surface area contributed by atoms with Crippen molar-refractivity contribution in [1.29, 1.82) is 0 Å². The number of rotatable bonds is 7. The summed E-state index contributed by atoms with van der Waals surface area (Å²) in [7, 11) is -2.09. The molecule has 3 aromatic rings. The number of aromatic nitrogens is 4. The zero-order valence-electron chi connectivity index (χ0n) is 19.3. The van der Waals surface area contributed by atoms with Crippen LogP contribution in [-0.4, -0.2) is 54.1 Å². The van der Waals surface area contributed by atoms with Gasteiger partial charge in [0.05, 0.1) is 0 Å². The summed E-state index contributed by atoms with van der Waals surface area (Å²) in [6, 6.07) is 5.68. The summed E-state index contributed by atoms with van der Waals surface area (Å²) >= 11 is 0. The standard InChI is InChI=1S/C21H23F3N8O2S.ClH/c1-32(19-17(26-7-8-27-19)29-12-35(2,33)34)18-16(21(22,23)24)11-28-20(31-18)30-15-4-3-14-10-25-6-5-13(14)9-15;/h3-4,7-9,11,25H,5-6,10,12H2,1-2H3,(H,26,29)(H,28,30,31);1H. The van der Waals surface area contributed by atoms with E-state index in [1.54, 1.807) is 0 Å². The van der Waals surface area contributed by atoms with E-state index in [9.17, 15) is 21.6 Å². The Morgan fingerprint density at radius 1 is 1.11 bits per heavy atom. The SMILES string of the molecule is CN(c1nc(Nc2ccc3c(c2)CCNC3)ncc1C(F)(F)F)c1nccnc1NCS(C)(=O)=O.Cl. The van der Waals surface area contributed by atoms with E-state index in [0.29, 0.717) is 11.9 Å². The molecule has 0 aliphatic carbocycles. The smallest absolute Gasteiger partial charge is 0.353 e. The Morgan fingerprint density at radius 3 is 2.58 bits per heavy atom. The fourth-order valence-electron chi connectivity index (χ4n) is 3.57. The molecule has 0 unspecified atom stereocenters. The van der Waals surface area contributed by atoms with E-state index < -0.39 is 33.3 Å². The number of alkyl halides is 3. The van der Waals surface area contributed by atoms with Crippen molar-refractivity contribution in [2.75, 3.05) is 41.3 Å². The second kappa shape index (κ2) is 10.8. The van der Waals surface area contributed by atoms with Gasteiger partial charge in [-0.05, 0) is 36.2 Å². The van der Waals surface area contributed by atoms with Gasteiger partial charge >= 0.3 is 6.18 Å². The first kappa shape index (κ1) is 27.4. The van der Waals surface area contributed by atoms with Crippen molar-refractivity contribution in [3.8, 4) is 0 Å². The van der Waals surface area contributed by atoms with Crippen LogP contribution in [0.5, 0.6) is 0 Å². The molecule has 0 spiro atoms. The Kier molecular flexibility index (Phi) is 8.21. The molecule has 0 saturated carbocycles. The van der Waals surface area contributed by atoms with Gasteiger partial charge in [0.1, 0.15) is 11.4 Å². The Balaban J connectivity index is 0.00000361. The quantitative estimate of drug-likeness (QED) is 0.408. The van der Waals surface area contributed by atoms with Crippen LogP contribution >= 0.6 is 12.4 Å². The molecule has 0 amide bonds. The highest BCUT2D eigenvalue weighted by atomic mass is 35.5. The number of sulfone groups is 1. The van der Waals surface area contributed by atoms with Crippen molar-refractivity contribution in [2.45, 2.75) is 19.1 Å². The molecule has 1 aromatic carbocycles. The lowest BCUT2D eigenvalue weighted by molar-refractivity contribution is -0.137. The number of halogens is 4. The Labute approximate surface area is 212 Å². The highest BCUT2D eigenvalue weighted by molar-refractivity contribution is 7.90. The number of anilines is 5. The maximum Gasteiger partial charge on any atom is 0.421 e. The third-order valence-electron chi connectivity index (χ3n) is 5.24. The predicted octanol–water partition coefficient (Wildman–Crippen LogP) is 3.28. The van der Waals surface area contributed by atoms with Gasteiger partial charge in [-0.15, -0.1) is 12.4 Å². The normalized spacial score (nSPS) is 13.4. The fraction of sp³-hybridized carbons (Fsp3) is 0.333. The largest absolute Gasteiger partial charge is 0.421 e. The first-order valence-corrected chi connectivity index (χ1v) is 12.6. The van der Waals surface area contributed by atoms with Crippen LogP contribution in [0.3, 0.4) is 0 Å². The maximum absolute atomic E-state index is 13.8. The van der Waals surface area contributed by atoms with E-state index >= 15 is 0 Å². The minimum absolute atomic E-state index is 0. The average Bonchev–Trinajstić information content (AvgIpc) is 2.81. The van der Waals surface area contributed by atoms with Crippen molar-refractivity contribution < 1.29 is 21.6 Å². The van der Waals surface area contributed by atoms with Gasteiger partial charge in [0.15, 0.2) is 27.3 Å². The third-order valence-corrected chi connectivity index (χ3v) is 5.91. The maximum atomic E-state index is 13.8. The highest BCUT2D eigenvalue weighted by Gasteiger charge is 2.37. The molecule has 1 aliphatic rings. The van der Waals surface area contributed by atoms with E-state index in [1.807, 2.05) is 18.2 Å². The number of benzene rings is 1. The summed E-state index contributed by atoms with van der Waals surface area (Å²) in [5, 5.41) is 8.85. The fourth-order valence-corrected chi connectivity index (χ4v) is 3.97. The van der Waals surface area contributed by atoms with E-state index in [-0.39, 0.29) is 30.0 Å². The van der Waals surface area contributed by atoms with Gasteiger partial charge in [-0.1, -0.05) is 6.07 Å². The molecule has 0 atom stereocenters. The lowest BCUT2D eigenvalue weighted by Gasteiger charge is -2.23. The zero-order valence-corrected chi connectivity index (χ0v) is 20.9. The van der Waals surface area contributed by atoms with Crippen LogP contribution in [0.2, 0.25) is 0 Å². The third kappa shape index (κ3) is 6.50. The molecular formula is C21H24ClF3N8O2S. The van der Waals surface area contributed by atoms with E-state index in [4.69, 9.17) is 0 Å². The van der Waals surface area contributed by atoms with Crippen LogP contribution < -0.4 is 20.9 Å². The number of nitrogens with zero attached hydrogens (tertiary/aromatic N) is 5. The summed E-state index contributed by atoms with van der Waals surface area (Å²) in [6.07, 6.45) is 0.384. The Morgan fingerprint density at radius 2 is 1.86 bits per heavy atom. The molecule has 15 heteroatoms. The van der Waals surface area contributed by atoms with Crippen molar-refractivity contribution in [1.82, 2.24) is 25.3 Å². The molecule has 194 valence electrons. The van der Waals surface area contributed by atoms with Crippen LogP contribution in [0.15, 0.2) is 36.8 Å². The van der Waals surface area contributed by atoms with Gasteiger partial charge in [-0.25, -0.2) is 23.4 Å². The van der Waals surface area contributed by atoms with Gasteiger partial charge < -0.3 is 20.9 Å². The Hall–Kier alpha value is -3.23. The summed E-state index contributed by atoms with van der Waals surface area (Å²) in [4.78, 5) is 17.2. The first-order valence-electron chi connectivity index (χ1n) is 10.5. The Bertz CT molecular complexity index is 1340. The van der Waals surface area contributed by atoms with Crippen LogP contribution in [0.1, 0.15) is 16.7 Å². The van der Waals surface area contributed by atoms with Crippen molar-refractivity contribution in [3.63, 3.8) is 0 Å². The molecule has 36 heavy (non-hydrogen) atoms. The number of nitrogens with one attached hydrogen (secondary N) is 3. The number of hydrogen-bond acceptors (Lipinski definition) is 10. The van der Waals surface area contributed by atoms with Crippen LogP contribution in [0, 0.1) is 0 Å². The van der Waals surface area contributed by atoms with Crippen molar-refractivity contribution in [3.05, 3.63) is 53.5 Å². The number of fused-ring (bicyclic) bond motifs is 1. The molecule has 10 nitrogen and oxygen atoms in total. The van der Waals surface area contributed by atoms with Gasteiger partial charge in [0, 0.05) is 44.1 Å². The minimum atomic E-state index is -4.75. The zero-order chi connectivity index (χ0) is 25.2. The monoisotopic (exact) mass is 544 g/mol. The molecule has 3 heterocycles. The van der Waals surface area contributed by atoms with Crippen LogP contribution in [-0.2, 0) is 29.0 Å². The van der Waals surface area contributed by atoms with Gasteiger partial charge in [-0.2, -0.15) is 18.2 Å².